The van der Waals surface area contributed by atoms with E-state index in [4.69, 9.17) is 11.6 Å². The maximum absolute atomic E-state index is 5.82. The molecule has 15 heavy (non-hydrogen) atoms. The molecule has 0 bridgehead atoms. The molecule has 0 aliphatic heterocycles. The monoisotopic (exact) mass is 235 g/mol. The molecule has 2 rings (SSSR count). The lowest BCUT2D eigenvalue weighted by atomic mass is 10.2. The minimum Gasteiger partial charge on any atom is -0.255 e. The van der Waals surface area contributed by atoms with Gasteiger partial charge in [0, 0.05) is 11.1 Å². The summed E-state index contributed by atoms with van der Waals surface area (Å²) in [5.41, 5.74) is 2.19. The zero-order valence-corrected chi connectivity index (χ0v) is 9.85. The molecule has 0 unspecified atom stereocenters. The Morgan fingerprint density at radius 3 is 2.80 bits per heavy atom. The van der Waals surface area contributed by atoms with E-state index in [0.717, 1.165) is 14.9 Å². The fourth-order valence-corrected chi connectivity index (χ4v) is 2.18. The number of aryl methyl sites for hydroxylation is 1. The second-order valence-electron chi connectivity index (χ2n) is 3.24. The first-order chi connectivity index (χ1) is 7.24. The predicted molar refractivity (Wildman–Crippen MR) is 67.8 cm³/mol. The largest absolute Gasteiger partial charge is 0.255 e. The van der Waals surface area contributed by atoms with E-state index in [1.54, 1.807) is 0 Å². The van der Waals surface area contributed by atoms with Crippen LogP contribution in [-0.2, 0) is 0 Å². The third-order valence-corrected chi connectivity index (χ3v) is 3.10. The van der Waals surface area contributed by atoms with Crippen LogP contribution in [0.3, 0.4) is 0 Å². The van der Waals surface area contributed by atoms with Crippen LogP contribution in [0, 0.1) is 6.92 Å². The second-order valence-corrected chi connectivity index (χ2v) is 4.99. The van der Waals surface area contributed by atoms with Gasteiger partial charge in [0.2, 0.25) is 0 Å². The highest BCUT2D eigenvalue weighted by molar-refractivity contribution is 7.17. The third-order valence-electron chi connectivity index (χ3n) is 1.94. The Morgan fingerprint density at radius 1 is 1.27 bits per heavy atom. The smallest absolute Gasteiger partial charge is 0.0935 e. The summed E-state index contributed by atoms with van der Waals surface area (Å²) in [4.78, 5) is 5.45. The molecule has 0 aliphatic carbocycles. The van der Waals surface area contributed by atoms with Gasteiger partial charge in [-0.2, -0.15) is 0 Å². The average molecular weight is 236 g/mol. The summed E-state index contributed by atoms with van der Waals surface area (Å²) in [6.07, 6.45) is 1.84. The molecule has 1 aromatic carbocycles. The number of aliphatic imine (C=N–C) groups is 1. The Bertz CT molecular complexity index is 488. The fourth-order valence-electron chi connectivity index (χ4n) is 1.24. The van der Waals surface area contributed by atoms with Crippen molar-refractivity contribution in [1.82, 2.24) is 0 Å². The quantitative estimate of drug-likeness (QED) is 0.682. The van der Waals surface area contributed by atoms with Crippen LogP contribution in [0.25, 0.3) is 0 Å². The van der Waals surface area contributed by atoms with E-state index in [-0.39, 0.29) is 0 Å². The Labute approximate surface area is 98.1 Å². The molecule has 0 N–H and O–H groups in total. The first kappa shape index (κ1) is 10.4. The summed E-state index contributed by atoms with van der Waals surface area (Å²) >= 11 is 7.35. The van der Waals surface area contributed by atoms with E-state index in [1.165, 1.54) is 16.9 Å². The molecule has 0 saturated heterocycles. The van der Waals surface area contributed by atoms with Crippen LogP contribution in [0.4, 0.5) is 5.69 Å². The number of thiophene rings is 1. The third kappa shape index (κ3) is 2.91. The molecular formula is C12H10ClNS. The molecule has 76 valence electrons. The van der Waals surface area contributed by atoms with E-state index in [1.807, 2.05) is 36.5 Å². The molecular weight excluding hydrogens is 226 g/mol. The van der Waals surface area contributed by atoms with Gasteiger partial charge in [0.05, 0.1) is 10.0 Å². The van der Waals surface area contributed by atoms with Gasteiger partial charge >= 0.3 is 0 Å². The number of hydrogen-bond acceptors (Lipinski definition) is 2. The first-order valence-electron chi connectivity index (χ1n) is 4.60. The molecule has 0 atom stereocenters. The van der Waals surface area contributed by atoms with E-state index >= 15 is 0 Å². The molecule has 0 aliphatic rings. The molecule has 0 radical (unpaired) electrons. The van der Waals surface area contributed by atoms with Crippen LogP contribution in [0.5, 0.6) is 0 Å². The van der Waals surface area contributed by atoms with Crippen molar-refractivity contribution in [2.75, 3.05) is 0 Å². The molecule has 1 nitrogen and oxygen atoms in total. The zero-order valence-electron chi connectivity index (χ0n) is 8.27. The lowest BCUT2D eigenvalue weighted by Gasteiger charge is -1.94. The highest BCUT2D eigenvalue weighted by Gasteiger charge is 1.94. The summed E-state index contributed by atoms with van der Waals surface area (Å²) in [6.45, 7) is 2.06. The summed E-state index contributed by atoms with van der Waals surface area (Å²) < 4.78 is 0.792. The molecule has 3 heteroatoms. The van der Waals surface area contributed by atoms with Crippen molar-refractivity contribution in [3.05, 3.63) is 51.2 Å². The maximum Gasteiger partial charge on any atom is 0.0935 e. The molecule has 0 saturated carbocycles. The van der Waals surface area contributed by atoms with Gasteiger partial charge in [-0.15, -0.1) is 11.3 Å². The molecule has 1 heterocycles. The second kappa shape index (κ2) is 4.60. The highest BCUT2D eigenvalue weighted by atomic mass is 35.5. The SMILES string of the molecule is Cc1cccc(N=Cc2ccc(Cl)s2)c1. The van der Waals surface area contributed by atoms with Crippen LogP contribution in [-0.4, -0.2) is 6.21 Å². The van der Waals surface area contributed by atoms with Crippen molar-refractivity contribution in [1.29, 1.82) is 0 Å². The van der Waals surface area contributed by atoms with Gasteiger partial charge in [-0.25, -0.2) is 0 Å². The van der Waals surface area contributed by atoms with Crippen molar-refractivity contribution in [2.24, 2.45) is 4.99 Å². The van der Waals surface area contributed by atoms with Gasteiger partial charge < -0.3 is 0 Å². The van der Waals surface area contributed by atoms with Crippen molar-refractivity contribution >= 4 is 34.8 Å². The van der Waals surface area contributed by atoms with Crippen LogP contribution in [0.2, 0.25) is 4.34 Å². The van der Waals surface area contributed by atoms with Gasteiger partial charge in [-0.05, 0) is 36.8 Å². The van der Waals surface area contributed by atoms with Crippen LogP contribution in [0.15, 0.2) is 41.4 Å². The zero-order chi connectivity index (χ0) is 10.7. The fraction of sp³-hybridized carbons (Fsp3) is 0.0833. The van der Waals surface area contributed by atoms with E-state index in [9.17, 15) is 0 Å². The maximum atomic E-state index is 5.82. The standard InChI is InChI=1S/C12H10ClNS/c1-9-3-2-4-10(7-9)14-8-11-5-6-12(13)15-11/h2-8H,1H3. The summed E-state index contributed by atoms with van der Waals surface area (Å²) in [7, 11) is 0. The van der Waals surface area contributed by atoms with E-state index in [2.05, 4.69) is 18.0 Å². The Balaban J connectivity index is 2.18. The minimum absolute atomic E-state index is 0.792. The molecule has 0 spiro atoms. The predicted octanol–water partition coefficient (Wildman–Crippen LogP) is 4.46. The lowest BCUT2D eigenvalue weighted by molar-refractivity contribution is 1.43. The highest BCUT2D eigenvalue weighted by Crippen LogP contribution is 2.21. The Kier molecular flexibility index (Phi) is 3.19. The van der Waals surface area contributed by atoms with Crippen molar-refractivity contribution in [3.8, 4) is 0 Å². The summed E-state index contributed by atoms with van der Waals surface area (Å²) in [5.74, 6) is 0. The van der Waals surface area contributed by atoms with Crippen molar-refractivity contribution in [3.63, 3.8) is 0 Å². The van der Waals surface area contributed by atoms with Crippen molar-refractivity contribution < 1.29 is 0 Å². The molecule has 0 fully saturated rings. The molecule has 2 aromatic rings. The number of nitrogens with zero attached hydrogens (tertiary/aromatic N) is 1. The summed E-state index contributed by atoms with van der Waals surface area (Å²) in [5, 5.41) is 0. The van der Waals surface area contributed by atoms with Gasteiger partial charge in [-0.3, -0.25) is 4.99 Å². The van der Waals surface area contributed by atoms with Gasteiger partial charge in [0.25, 0.3) is 0 Å². The van der Waals surface area contributed by atoms with Gasteiger partial charge in [-0.1, -0.05) is 23.7 Å². The van der Waals surface area contributed by atoms with E-state index < -0.39 is 0 Å². The lowest BCUT2D eigenvalue weighted by Crippen LogP contribution is -1.73. The Morgan fingerprint density at radius 2 is 2.13 bits per heavy atom. The average Bonchev–Trinajstić information content (AvgIpc) is 2.62. The number of rotatable bonds is 2. The molecule has 0 amide bonds. The van der Waals surface area contributed by atoms with Crippen molar-refractivity contribution in [2.45, 2.75) is 6.92 Å². The Hall–Kier alpha value is -1.12. The number of benzene rings is 1. The van der Waals surface area contributed by atoms with E-state index in [0.29, 0.717) is 0 Å². The first-order valence-corrected chi connectivity index (χ1v) is 5.79. The van der Waals surface area contributed by atoms with Crippen LogP contribution >= 0.6 is 22.9 Å². The normalized spacial score (nSPS) is 11.1. The van der Waals surface area contributed by atoms with Gasteiger partial charge in [0.15, 0.2) is 0 Å². The summed E-state index contributed by atoms with van der Waals surface area (Å²) in [6, 6.07) is 11.9. The van der Waals surface area contributed by atoms with Crippen LogP contribution < -0.4 is 0 Å². The number of hydrogen-bond donors (Lipinski definition) is 0. The number of halogens is 1. The van der Waals surface area contributed by atoms with Crippen LogP contribution in [0.1, 0.15) is 10.4 Å². The van der Waals surface area contributed by atoms with Gasteiger partial charge in [0.1, 0.15) is 0 Å². The minimum atomic E-state index is 0.792. The topological polar surface area (TPSA) is 12.4 Å². The molecule has 1 aromatic heterocycles.